The molecule has 0 aromatic heterocycles. The third-order valence-corrected chi connectivity index (χ3v) is 7.48. The van der Waals surface area contributed by atoms with E-state index in [-0.39, 0.29) is 70.7 Å². The first-order valence-electron chi connectivity index (χ1n) is 14.3. The molecule has 0 bridgehead atoms. The van der Waals surface area contributed by atoms with E-state index in [4.69, 9.17) is 23.8 Å². The number of amides is 3. The van der Waals surface area contributed by atoms with Crippen molar-refractivity contribution in [2.45, 2.75) is 114 Å². The predicted molar refractivity (Wildman–Crippen MR) is 139 cm³/mol. The van der Waals surface area contributed by atoms with Gasteiger partial charge in [0.2, 0.25) is 5.91 Å². The van der Waals surface area contributed by atoms with Gasteiger partial charge in [-0.2, -0.15) is 0 Å². The summed E-state index contributed by atoms with van der Waals surface area (Å²) in [6.07, 6.45) is -12.5. The zero-order chi connectivity index (χ0) is 31.8. The Morgan fingerprint density at radius 3 is 1.65 bits per heavy atom. The van der Waals surface area contributed by atoms with Gasteiger partial charge in [0.05, 0.1) is 25.4 Å². The van der Waals surface area contributed by atoms with E-state index in [1.54, 1.807) is 0 Å². The van der Waals surface area contributed by atoms with Crippen LogP contribution in [0.4, 0.5) is 0 Å². The molecular formula is C26H42N2O15. The number of ether oxygens (including phenoxy) is 4. The van der Waals surface area contributed by atoms with E-state index in [0.29, 0.717) is 5.06 Å². The normalized spacial score (nSPS) is 34.8. The summed E-state index contributed by atoms with van der Waals surface area (Å²) in [5.41, 5.74) is 0. The molecule has 6 N–H and O–H groups in total. The third-order valence-electron chi connectivity index (χ3n) is 7.48. The number of carbonyl (C=O) groups is 4. The van der Waals surface area contributed by atoms with Crippen LogP contribution in [-0.2, 0) is 43.0 Å². The predicted octanol–water partition coefficient (Wildman–Crippen LogP) is -3.33. The maximum absolute atomic E-state index is 13.0. The van der Waals surface area contributed by atoms with Gasteiger partial charge in [-0.05, 0) is 26.7 Å². The van der Waals surface area contributed by atoms with Gasteiger partial charge in [-0.25, -0.2) is 4.79 Å². The summed E-state index contributed by atoms with van der Waals surface area (Å²) >= 11 is 0. The van der Waals surface area contributed by atoms with E-state index in [0.717, 1.165) is 0 Å². The van der Waals surface area contributed by atoms with E-state index in [1.807, 2.05) is 0 Å². The Labute approximate surface area is 247 Å². The Hall–Kier alpha value is -2.32. The molecule has 43 heavy (non-hydrogen) atoms. The quantitative estimate of drug-likeness (QED) is 0.0820. The van der Waals surface area contributed by atoms with Crippen molar-refractivity contribution >= 4 is 23.7 Å². The maximum Gasteiger partial charge on any atom is 0.333 e. The first-order valence-corrected chi connectivity index (χ1v) is 14.3. The molecule has 3 aliphatic rings. The lowest BCUT2D eigenvalue weighted by Crippen LogP contribution is -2.57. The van der Waals surface area contributed by atoms with Gasteiger partial charge in [0.15, 0.2) is 12.6 Å². The van der Waals surface area contributed by atoms with Crippen LogP contribution in [0.5, 0.6) is 0 Å². The van der Waals surface area contributed by atoms with E-state index in [2.05, 4.69) is 0 Å². The molecule has 0 spiro atoms. The van der Waals surface area contributed by atoms with Crippen molar-refractivity contribution in [1.82, 2.24) is 9.96 Å². The van der Waals surface area contributed by atoms with Crippen molar-refractivity contribution in [3.05, 3.63) is 0 Å². The van der Waals surface area contributed by atoms with Crippen molar-refractivity contribution in [3.63, 3.8) is 0 Å². The number of hydrogen-bond acceptors (Lipinski definition) is 15. The fourth-order valence-electron chi connectivity index (χ4n) is 4.73. The van der Waals surface area contributed by atoms with Gasteiger partial charge < -0.3 is 59.3 Å². The standard InChI is InChI=1S/C26H42N2O15/c1-13-19(33)21(35)23(37)25(41-13)39-11-9-27(10-12-40-26-24(38)22(36)20(34)14(2)42-26)15(29)5-3-4-6-18(32)43-28-16(30)7-8-17(28)31/h13-14,19-26,33-38H,3-12H2,1-2H3/t13-,14-,19+,20+,21+,22+,23-,24-,25+,26+/m0/s1. The van der Waals surface area contributed by atoms with Gasteiger partial charge in [0, 0.05) is 38.8 Å². The highest BCUT2D eigenvalue weighted by molar-refractivity contribution is 6.01. The minimum Gasteiger partial charge on any atom is -0.388 e. The Kier molecular flexibility index (Phi) is 13.2. The number of imide groups is 1. The summed E-state index contributed by atoms with van der Waals surface area (Å²) in [6.45, 7) is 2.68. The summed E-state index contributed by atoms with van der Waals surface area (Å²) < 4.78 is 21.9. The van der Waals surface area contributed by atoms with Gasteiger partial charge in [0.1, 0.15) is 36.6 Å². The molecule has 0 saturated carbocycles. The molecule has 17 nitrogen and oxygen atoms in total. The molecule has 3 amide bonds. The zero-order valence-corrected chi connectivity index (χ0v) is 24.1. The number of unbranched alkanes of at least 4 members (excludes halogenated alkanes) is 1. The SMILES string of the molecule is C[C@@H]1O[C@@H](OCCN(CCO[C@@H]2O[C@@H](C)[C@@H](O)[C@@H](O)[C@@H]2O)C(=O)CCCCC(=O)ON2C(=O)CCC2=O)[C@@H](O)[C@H](O)[C@@H]1O. The van der Waals surface area contributed by atoms with E-state index in [9.17, 15) is 49.8 Å². The summed E-state index contributed by atoms with van der Waals surface area (Å²) in [6, 6.07) is 0. The van der Waals surface area contributed by atoms with E-state index >= 15 is 0 Å². The Balaban J connectivity index is 1.49. The minimum atomic E-state index is -1.53. The summed E-state index contributed by atoms with van der Waals surface area (Å²) in [4.78, 5) is 54.4. The molecular weight excluding hydrogens is 580 g/mol. The molecule has 0 aliphatic carbocycles. The zero-order valence-electron chi connectivity index (χ0n) is 24.1. The van der Waals surface area contributed by atoms with Crippen LogP contribution in [0.25, 0.3) is 0 Å². The second kappa shape index (κ2) is 16.1. The van der Waals surface area contributed by atoms with Gasteiger partial charge >= 0.3 is 5.97 Å². The molecule has 0 unspecified atom stereocenters. The summed E-state index contributed by atoms with van der Waals surface area (Å²) in [5.74, 6) is -2.33. The van der Waals surface area contributed by atoms with E-state index < -0.39 is 79.2 Å². The lowest BCUT2D eigenvalue weighted by atomic mass is 10.0. The smallest absolute Gasteiger partial charge is 0.333 e. The van der Waals surface area contributed by atoms with Gasteiger partial charge in [-0.3, -0.25) is 14.4 Å². The molecule has 3 fully saturated rings. The number of aliphatic hydroxyl groups is 6. The topological polar surface area (TPSA) is 242 Å². The number of nitrogens with zero attached hydrogens (tertiary/aromatic N) is 2. The third kappa shape index (κ3) is 9.34. The molecule has 3 rings (SSSR count). The molecule has 3 aliphatic heterocycles. The van der Waals surface area contributed by atoms with Crippen LogP contribution < -0.4 is 0 Å². The average Bonchev–Trinajstić information content (AvgIpc) is 3.29. The van der Waals surface area contributed by atoms with Crippen molar-refractivity contribution in [1.29, 1.82) is 0 Å². The number of hydrogen-bond donors (Lipinski definition) is 6. The van der Waals surface area contributed by atoms with Crippen LogP contribution in [-0.4, -0.2) is 152 Å². The fourth-order valence-corrected chi connectivity index (χ4v) is 4.73. The average molecular weight is 623 g/mol. The van der Waals surface area contributed by atoms with Crippen LogP contribution in [0.15, 0.2) is 0 Å². The molecule has 246 valence electrons. The molecule has 10 atom stereocenters. The van der Waals surface area contributed by atoms with Crippen molar-refractivity contribution in [2.24, 2.45) is 0 Å². The Bertz CT molecular complexity index is 913. The number of carbonyl (C=O) groups excluding carboxylic acids is 4. The van der Waals surface area contributed by atoms with Gasteiger partial charge in [0.25, 0.3) is 11.8 Å². The number of hydroxylamine groups is 2. The van der Waals surface area contributed by atoms with Gasteiger partial charge in [-0.1, -0.05) is 0 Å². The molecule has 3 saturated heterocycles. The lowest BCUT2D eigenvalue weighted by Gasteiger charge is -2.39. The highest BCUT2D eigenvalue weighted by Gasteiger charge is 2.43. The first-order chi connectivity index (χ1) is 20.3. The second-order valence-electron chi connectivity index (χ2n) is 10.7. The fraction of sp³-hybridized carbons (Fsp3) is 0.846. The monoisotopic (exact) mass is 622 g/mol. The van der Waals surface area contributed by atoms with Crippen molar-refractivity contribution in [2.75, 3.05) is 26.3 Å². The van der Waals surface area contributed by atoms with Crippen LogP contribution >= 0.6 is 0 Å². The molecule has 3 heterocycles. The number of rotatable bonds is 14. The highest BCUT2D eigenvalue weighted by atomic mass is 16.7. The van der Waals surface area contributed by atoms with Crippen molar-refractivity contribution < 1.29 is 73.6 Å². The lowest BCUT2D eigenvalue weighted by molar-refractivity contribution is -0.295. The van der Waals surface area contributed by atoms with Gasteiger partial charge in [-0.15, -0.1) is 5.06 Å². The minimum absolute atomic E-state index is 0.0101. The maximum atomic E-state index is 13.0. The highest BCUT2D eigenvalue weighted by Crippen LogP contribution is 2.23. The van der Waals surface area contributed by atoms with E-state index in [1.165, 1.54) is 18.7 Å². The molecule has 0 aromatic carbocycles. The van der Waals surface area contributed by atoms with Crippen LogP contribution in [0.1, 0.15) is 52.4 Å². The second-order valence-corrected chi connectivity index (χ2v) is 10.7. The van der Waals surface area contributed by atoms with Crippen LogP contribution in [0.3, 0.4) is 0 Å². The number of aliphatic hydroxyl groups excluding tert-OH is 6. The molecule has 17 heteroatoms. The molecule has 0 aromatic rings. The first kappa shape index (κ1) is 35.2. The van der Waals surface area contributed by atoms with Crippen LogP contribution in [0, 0.1) is 0 Å². The Morgan fingerprint density at radius 2 is 1.19 bits per heavy atom. The largest absolute Gasteiger partial charge is 0.388 e. The summed E-state index contributed by atoms with van der Waals surface area (Å²) in [5, 5.41) is 60.5. The summed E-state index contributed by atoms with van der Waals surface area (Å²) in [7, 11) is 0. The molecule has 0 radical (unpaired) electrons. The Morgan fingerprint density at radius 1 is 0.744 bits per heavy atom. The van der Waals surface area contributed by atoms with Crippen LogP contribution in [0.2, 0.25) is 0 Å². The van der Waals surface area contributed by atoms with Crippen molar-refractivity contribution in [3.8, 4) is 0 Å².